The van der Waals surface area contributed by atoms with Crippen molar-refractivity contribution in [1.29, 1.82) is 0 Å². The number of hydrogen-bond donors (Lipinski definition) is 3. The van der Waals surface area contributed by atoms with Gasteiger partial charge in [0.1, 0.15) is 0 Å². The Balaban J connectivity index is 2.85. The van der Waals surface area contributed by atoms with Gasteiger partial charge in [0.15, 0.2) is 0 Å². The number of rotatable bonds is 7. The minimum absolute atomic E-state index is 0.246. The predicted octanol–water partition coefficient (Wildman–Crippen LogP) is -1.33. The molecule has 0 aliphatic heterocycles. The molecule has 0 saturated carbocycles. The lowest BCUT2D eigenvalue weighted by molar-refractivity contribution is -0.825. The summed E-state index contributed by atoms with van der Waals surface area (Å²) in [6.07, 6.45) is 2.66. The van der Waals surface area contributed by atoms with E-state index in [9.17, 15) is 5.21 Å². The van der Waals surface area contributed by atoms with E-state index in [2.05, 4.69) is 17.4 Å². The van der Waals surface area contributed by atoms with Gasteiger partial charge < -0.3 is 10.3 Å². The highest BCUT2D eigenvalue weighted by Gasteiger charge is 1.88. The Hall–Kier alpha value is -0.420. The summed E-state index contributed by atoms with van der Waals surface area (Å²) in [7, 11) is 1.61. The zero-order valence-corrected chi connectivity index (χ0v) is 7.02. The van der Waals surface area contributed by atoms with Gasteiger partial charge in [0.05, 0.1) is 13.6 Å². The molecule has 0 spiro atoms. The average Bonchev–Trinajstić information content (AvgIpc) is 1.96. The van der Waals surface area contributed by atoms with Crippen LogP contribution in [0.15, 0.2) is 12.7 Å². The summed E-state index contributed by atoms with van der Waals surface area (Å²) in [6, 6.07) is 0. The fourth-order valence-electron chi connectivity index (χ4n) is 0.658. The Morgan fingerprint density at radius 2 is 2.27 bits per heavy atom. The van der Waals surface area contributed by atoms with E-state index in [0.717, 1.165) is 19.5 Å². The highest BCUT2D eigenvalue weighted by atomic mass is 16.5. The summed E-state index contributed by atoms with van der Waals surface area (Å²) in [6.45, 7) is 5.78. The first-order chi connectivity index (χ1) is 5.27. The molecular formula is C7H17N3O. The summed E-state index contributed by atoms with van der Waals surface area (Å²) in [5.41, 5.74) is 5.90. The van der Waals surface area contributed by atoms with Crippen molar-refractivity contribution in [2.75, 3.05) is 26.7 Å². The first-order valence-electron chi connectivity index (χ1n) is 3.83. The van der Waals surface area contributed by atoms with Gasteiger partial charge in [-0.15, -0.1) is 6.58 Å². The van der Waals surface area contributed by atoms with E-state index < -0.39 is 0 Å². The SMILES string of the molecule is C=CCNNCCC[NH+](C)[O-]. The van der Waals surface area contributed by atoms with Crippen molar-refractivity contribution in [3.63, 3.8) is 0 Å². The van der Waals surface area contributed by atoms with Gasteiger partial charge in [0.25, 0.3) is 0 Å². The van der Waals surface area contributed by atoms with Crippen molar-refractivity contribution in [2.45, 2.75) is 6.42 Å². The normalized spacial score (nSPS) is 12.9. The van der Waals surface area contributed by atoms with Gasteiger partial charge in [-0.2, -0.15) is 0 Å². The van der Waals surface area contributed by atoms with Gasteiger partial charge in [-0.3, -0.25) is 10.9 Å². The zero-order valence-electron chi connectivity index (χ0n) is 7.02. The minimum Gasteiger partial charge on any atom is -0.634 e. The molecule has 0 saturated heterocycles. The predicted molar refractivity (Wildman–Crippen MR) is 45.9 cm³/mol. The molecule has 1 unspecified atom stereocenters. The molecule has 4 nitrogen and oxygen atoms in total. The van der Waals surface area contributed by atoms with Gasteiger partial charge in [0.2, 0.25) is 0 Å². The lowest BCUT2D eigenvalue weighted by Gasteiger charge is -2.15. The molecular weight excluding hydrogens is 142 g/mol. The van der Waals surface area contributed by atoms with Crippen LogP contribution < -0.4 is 15.9 Å². The Morgan fingerprint density at radius 3 is 2.82 bits per heavy atom. The maximum atomic E-state index is 10.5. The second-order valence-electron chi connectivity index (χ2n) is 2.40. The van der Waals surface area contributed by atoms with Crippen LogP contribution in [0.4, 0.5) is 0 Å². The van der Waals surface area contributed by atoms with E-state index in [4.69, 9.17) is 0 Å². The second kappa shape index (κ2) is 7.68. The summed E-state index contributed by atoms with van der Waals surface area (Å²) >= 11 is 0. The first-order valence-corrected chi connectivity index (χ1v) is 3.83. The molecule has 0 aliphatic rings. The van der Waals surface area contributed by atoms with E-state index in [1.54, 1.807) is 13.1 Å². The van der Waals surface area contributed by atoms with Crippen molar-refractivity contribution in [1.82, 2.24) is 10.9 Å². The van der Waals surface area contributed by atoms with Crippen molar-refractivity contribution in [3.8, 4) is 0 Å². The average molecular weight is 159 g/mol. The fourth-order valence-corrected chi connectivity index (χ4v) is 0.658. The Kier molecular flexibility index (Phi) is 7.39. The molecule has 0 aliphatic carbocycles. The number of hydroxylamine groups is 2. The smallest absolute Gasteiger partial charge is 0.0779 e. The Morgan fingerprint density at radius 1 is 1.55 bits per heavy atom. The van der Waals surface area contributed by atoms with Crippen LogP contribution in [-0.2, 0) is 0 Å². The third-order valence-electron chi connectivity index (χ3n) is 1.20. The van der Waals surface area contributed by atoms with E-state index >= 15 is 0 Å². The maximum absolute atomic E-state index is 10.5. The molecule has 0 aromatic carbocycles. The minimum atomic E-state index is 0.246. The van der Waals surface area contributed by atoms with Crippen LogP contribution in [0, 0.1) is 5.21 Å². The number of quaternary nitrogens is 1. The molecule has 0 fully saturated rings. The molecule has 0 radical (unpaired) electrons. The summed E-state index contributed by atoms with van der Waals surface area (Å²) < 4.78 is 0. The highest BCUT2D eigenvalue weighted by Crippen LogP contribution is 1.65. The van der Waals surface area contributed by atoms with Crippen molar-refractivity contribution < 1.29 is 5.06 Å². The molecule has 4 heteroatoms. The molecule has 0 rings (SSSR count). The molecule has 0 aromatic rings. The van der Waals surface area contributed by atoms with Crippen molar-refractivity contribution in [2.24, 2.45) is 0 Å². The lowest BCUT2D eigenvalue weighted by Crippen LogP contribution is -3.03. The van der Waals surface area contributed by atoms with Crippen LogP contribution in [0.5, 0.6) is 0 Å². The van der Waals surface area contributed by atoms with Gasteiger partial charge >= 0.3 is 0 Å². The topological polar surface area (TPSA) is 51.6 Å². The molecule has 0 bridgehead atoms. The fraction of sp³-hybridized carbons (Fsp3) is 0.714. The van der Waals surface area contributed by atoms with E-state index in [0.29, 0.717) is 6.54 Å². The largest absolute Gasteiger partial charge is 0.634 e. The zero-order chi connectivity index (χ0) is 8.53. The first kappa shape index (κ1) is 10.6. The van der Waals surface area contributed by atoms with E-state index in [1.807, 2.05) is 0 Å². The van der Waals surface area contributed by atoms with Gasteiger partial charge in [0, 0.05) is 19.5 Å². The Bertz CT molecular complexity index is 95.7. The molecule has 0 aromatic heterocycles. The van der Waals surface area contributed by atoms with Crippen LogP contribution in [0.3, 0.4) is 0 Å². The van der Waals surface area contributed by atoms with E-state index in [-0.39, 0.29) is 5.06 Å². The van der Waals surface area contributed by atoms with Crippen LogP contribution in [0.2, 0.25) is 0 Å². The third kappa shape index (κ3) is 9.58. The third-order valence-corrected chi connectivity index (χ3v) is 1.20. The maximum Gasteiger partial charge on any atom is 0.0779 e. The highest BCUT2D eigenvalue weighted by molar-refractivity contribution is 4.67. The summed E-state index contributed by atoms with van der Waals surface area (Å²) in [5, 5.41) is 10.7. The second-order valence-corrected chi connectivity index (χ2v) is 2.40. The molecule has 11 heavy (non-hydrogen) atoms. The molecule has 1 atom stereocenters. The number of hydrazine groups is 1. The summed E-state index contributed by atoms with van der Waals surface area (Å²) in [4.78, 5) is 0. The van der Waals surface area contributed by atoms with Crippen molar-refractivity contribution >= 4 is 0 Å². The number of hydrogen-bond acceptors (Lipinski definition) is 3. The lowest BCUT2D eigenvalue weighted by atomic mass is 10.4. The molecule has 0 heterocycles. The molecule has 66 valence electrons. The Labute approximate surface area is 67.8 Å². The van der Waals surface area contributed by atoms with Gasteiger partial charge in [-0.25, -0.2) is 0 Å². The van der Waals surface area contributed by atoms with E-state index in [1.165, 1.54) is 0 Å². The molecule has 0 amide bonds. The molecule has 3 N–H and O–H groups in total. The summed E-state index contributed by atoms with van der Waals surface area (Å²) in [5.74, 6) is 0. The van der Waals surface area contributed by atoms with Crippen LogP contribution in [0.25, 0.3) is 0 Å². The van der Waals surface area contributed by atoms with Crippen LogP contribution in [0.1, 0.15) is 6.42 Å². The van der Waals surface area contributed by atoms with Crippen LogP contribution >= 0.6 is 0 Å². The van der Waals surface area contributed by atoms with Crippen molar-refractivity contribution in [3.05, 3.63) is 17.9 Å². The standard InChI is InChI=1S/C7H17N3O/c1-3-5-8-9-6-4-7-10(2)11/h3,8-10H,1,4-7H2,2H3. The van der Waals surface area contributed by atoms with Gasteiger partial charge in [-0.1, -0.05) is 6.08 Å². The number of nitrogens with one attached hydrogen (secondary N) is 3. The van der Waals surface area contributed by atoms with Crippen LogP contribution in [-0.4, -0.2) is 26.7 Å². The quantitative estimate of drug-likeness (QED) is 0.245. The van der Waals surface area contributed by atoms with Gasteiger partial charge in [-0.05, 0) is 0 Å². The monoisotopic (exact) mass is 159 g/mol.